The number of H-pyrrole nitrogens is 1. The van der Waals surface area contributed by atoms with Crippen LogP contribution in [-0.2, 0) is 16.1 Å². The van der Waals surface area contributed by atoms with Crippen LogP contribution >= 0.6 is 23.2 Å². The number of aromatic nitrogens is 2. The van der Waals surface area contributed by atoms with Crippen LogP contribution < -0.4 is 10.7 Å². The van der Waals surface area contributed by atoms with Gasteiger partial charge in [-0.3, -0.25) is 23.7 Å². The van der Waals surface area contributed by atoms with Crippen LogP contribution in [0.25, 0.3) is 5.52 Å². The van der Waals surface area contributed by atoms with E-state index in [1.54, 1.807) is 4.90 Å². The first kappa shape index (κ1) is 29.1. The number of alkyl halides is 3. The summed E-state index contributed by atoms with van der Waals surface area (Å²) in [4.78, 5) is 49.5. The normalized spacial score (nSPS) is 18.8. The summed E-state index contributed by atoms with van der Waals surface area (Å²) in [6.45, 7) is 1.32. The average molecular weight is 644 g/mol. The molecule has 3 aromatic rings. The minimum atomic E-state index is -5.25. The number of benzene rings is 1. The Morgan fingerprint density at radius 1 is 1.09 bits per heavy atom. The van der Waals surface area contributed by atoms with Crippen LogP contribution in [0.1, 0.15) is 34.5 Å². The lowest BCUT2D eigenvalue weighted by Gasteiger charge is -2.36. The number of hydrogen-bond donors (Lipinski definition) is 1. The fraction of sp³-hybridized carbons (Fsp3) is 0.385. The van der Waals surface area contributed by atoms with Crippen molar-refractivity contribution < 1.29 is 32.0 Å². The molecule has 5 heterocycles. The maximum Gasteiger partial charge on any atom is 0.493 e. The molecule has 17 heteroatoms. The number of halogens is 6. The highest BCUT2D eigenvalue weighted by molar-refractivity contribution is 6.42. The maximum atomic E-state index is 15.0. The van der Waals surface area contributed by atoms with Crippen molar-refractivity contribution in [2.75, 3.05) is 32.7 Å². The highest BCUT2D eigenvalue weighted by Crippen LogP contribution is 2.28. The number of carbonyl (C=O) groups excluding carboxylic acids is 2. The maximum absolute atomic E-state index is 15.0. The van der Waals surface area contributed by atoms with Crippen molar-refractivity contribution in [1.82, 2.24) is 34.4 Å². The summed E-state index contributed by atoms with van der Waals surface area (Å²) in [6, 6.07) is 5.39. The Bertz CT molecular complexity index is 1700. The van der Waals surface area contributed by atoms with E-state index in [1.807, 2.05) is 4.90 Å². The lowest BCUT2D eigenvalue weighted by Crippen LogP contribution is -2.60. The predicted octanol–water partition coefficient (Wildman–Crippen LogP) is 2.79. The lowest BCUT2D eigenvalue weighted by atomic mass is 10.0. The van der Waals surface area contributed by atoms with Crippen molar-refractivity contribution in [3.8, 4) is 0 Å². The van der Waals surface area contributed by atoms with Crippen LogP contribution in [0, 0.1) is 5.82 Å². The van der Waals surface area contributed by atoms with Crippen LogP contribution in [0.3, 0.4) is 0 Å². The molecule has 0 bridgehead atoms. The molecule has 2 fully saturated rings. The lowest BCUT2D eigenvalue weighted by molar-refractivity contribution is -0.258. The number of piperazine rings is 1. The largest absolute Gasteiger partial charge is 0.493 e. The molecule has 3 aliphatic rings. The van der Waals surface area contributed by atoms with Gasteiger partial charge in [-0.1, -0.05) is 29.3 Å². The molecule has 1 atom stereocenters. The molecule has 2 aromatic heterocycles. The number of rotatable bonds is 4. The van der Waals surface area contributed by atoms with E-state index in [0.29, 0.717) is 35.5 Å². The van der Waals surface area contributed by atoms with Crippen molar-refractivity contribution in [2.24, 2.45) is 0 Å². The number of carbonyl (C=O) groups is 2. The van der Waals surface area contributed by atoms with Gasteiger partial charge in [0.05, 0.1) is 48.4 Å². The van der Waals surface area contributed by atoms with E-state index in [0.717, 1.165) is 18.9 Å². The highest BCUT2D eigenvalue weighted by Gasteiger charge is 2.54. The number of nitrogens with zero attached hydrogens (tertiary/aromatic N) is 6. The van der Waals surface area contributed by atoms with Crippen molar-refractivity contribution in [1.29, 1.82) is 0 Å². The molecular formula is C26H23Cl2F4N7O4+. The SMILES string of the molecule is O=C(c1cc(Cc2c[nH]c(=O)c3cc(Cl)c(Cl)n23)ccc1F)N1CCN2C(N3CCCC3)=[N+]N(OC(=O)C(F)(F)F)C2C1. The first-order valence-electron chi connectivity index (χ1n) is 13.3. The second kappa shape index (κ2) is 10.9. The van der Waals surface area contributed by atoms with E-state index >= 15 is 4.39 Å². The number of nitrogens with one attached hydrogen (secondary N) is 1. The van der Waals surface area contributed by atoms with E-state index in [2.05, 4.69) is 14.9 Å². The molecule has 6 rings (SSSR count). The number of fused-ring (bicyclic) bond motifs is 2. The predicted molar refractivity (Wildman–Crippen MR) is 146 cm³/mol. The summed E-state index contributed by atoms with van der Waals surface area (Å²) in [5.41, 5.74) is 0.571. The van der Waals surface area contributed by atoms with Gasteiger partial charge >= 0.3 is 18.1 Å². The van der Waals surface area contributed by atoms with Gasteiger partial charge in [0.1, 0.15) is 16.5 Å². The summed E-state index contributed by atoms with van der Waals surface area (Å²) in [6.07, 6.45) is -2.97. The Morgan fingerprint density at radius 3 is 2.56 bits per heavy atom. The minimum absolute atomic E-state index is 0.116. The van der Waals surface area contributed by atoms with Gasteiger partial charge < -0.3 is 9.88 Å². The Hall–Kier alpha value is -3.98. The monoisotopic (exact) mass is 643 g/mol. The fourth-order valence-corrected chi connectivity index (χ4v) is 5.95. The number of aromatic amines is 1. The number of hydrazone groups is 1. The number of likely N-dealkylation sites (tertiary alicyclic amines) is 1. The van der Waals surface area contributed by atoms with Gasteiger partial charge in [-0.15, -0.1) is 0 Å². The second-order valence-corrected chi connectivity index (χ2v) is 11.1. The Morgan fingerprint density at radius 2 is 1.84 bits per heavy atom. The Labute approximate surface area is 250 Å². The summed E-state index contributed by atoms with van der Waals surface area (Å²) in [5, 5.41) is 5.02. The van der Waals surface area contributed by atoms with Gasteiger partial charge in [0, 0.05) is 18.3 Å². The molecule has 1 unspecified atom stereocenters. The first-order valence-corrected chi connectivity index (χ1v) is 14.0. The van der Waals surface area contributed by atoms with E-state index in [4.69, 9.17) is 23.2 Å². The topological polar surface area (TPSA) is 108 Å². The van der Waals surface area contributed by atoms with E-state index in [-0.39, 0.29) is 47.3 Å². The number of guanidine groups is 1. The zero-order chi connectivity index (χ0) is 30.6. The van der Waals surface area contributed by atoms with Crippen LogP contribution in [0.2, 0.25) is 10.2 Å². The molecule has 43 heavy (non-hydrogen) atoms. The van der Waals surface area contributed by atoms with Crippen molar-refractivity contribution >= 4 is 46.6 Å². The zero-order valence-corrected chi connectivity index (χ0v) is 23.7. The minimum Gasteiger partial charge on any atom is -0.330 e. The second-order valence-electron chi connectivity index (χ2n) is 10.3. The standard InChI is InChI=1S/C26H23Cl2F4N7O4/c27-17-11-19-22(40)33-12-15(38(19)21(17)28)9-14-3-4-18(29)16(10-14)23(41)36-7-8-37-20(13-36)39(43-24(42)26(30,31)32)34-25(37)35-5-1-2-6-35/h3-4,10-12,20H,1-2,5-9,13H2,(H,33,40)/q+1. The van der Waals surface area contributed by atoms with Gasteiger partial charge in [0.25, 0.3) is 11.5 Å². The zero-order valence-electron chi connectivity index (χ0n) is 22.2. The molecule has 1 aromatic carbocycles. The van der Waals surface area contributed by atoms with Gasteiger partial charge in [-0.2, -0.15) is 13.2 Å². The molecule has 0 spiro atoms. The number of hydrogen-bond acceptors (Lipinski definition) is 8. The quantitative estimate of drug-likeness (QED) is 0.436. The molecular weight excluding hydrogens is 621 g/mol. The molecule has 1 N–H and O–H groups in total. The Kier molecular flexibility index (Phi) is 7.40. The summed E-state index contributed by atoms with van der Waals surface area (Å²) < 4.78 is 55.5. The van der Waals surface area contributed by atoms with Crippen molar-refractivity contribution in [3.05, 3.63) is 73.6 Å². The molecule has 3 aliphatic heterocycles. The molecule has 0 aliphatic carbocycles. The summed E-state index contributed by atoms with van der Waals surface area (Å²) in [5.74, 6) is -3.59. The summed E-state index contributed by atoms with van der Waals surface area (Å²) in [7, 11) is 0. The molecule has 0 saturated carbocycles. The van der Waals surface area contributed by atoms with Crippen LogP contribution in [0.4, 0.5) is 17.6 Å². The van der Waals surface area contributed by atoms with E-state index < -0.39 is 35.6 Å². The third kappa shape index (κ3) is 5.35. The smallest absolute Gasteiger partial charge is 0.330 e. The van der Waals surface area contributed by atoms with Gasteiger partial charge in [-0.25, -0.2) is 14.1 Å². The van der Waals surface area contributed by atoms with E-state index in [9.17, 15) is 27.6 Å². The molecule has 11 nitrogen and oxygen atoms in total. The van der Waals surface area contributed by atoms with Gasteiger partial charge in [0.2, 0.25) is 6.17 Å². The molecule has 2 saturated heterocycles. The highest BCUT2D eigenvalue weighted by atomic mass is 35.5. The molecule has 1 radical (unpaired) electrons. The number of amides is 1. The van der Waals surface area contributed by atoms with E-state index in [1.165, 1.54) is 33.7 Å². The molecule has 227 valence electrons. The van der Waals surface area contributed by atoms with Crippen LogP contribution in [-0.4, -0.2) is 92.2 Å². The van der Waals surface area contributed by atoms with Gasteiger partial charge in [0.15, 0.2) is 0 Å². The fourth-order valence-electron chi connectivity index (χ4n) is 5.51. The number of hydroxylamine groups is 1. The van der Waals surface area contributed by atoms with Crippen molar-refractivity contribution in [3.63, 3.8) is 0 Å². The van der Waals surface area contributed by atoms with Crippen molar-refractivity contribution in [2.45, 2.75) is 31.6 Å². The van der Waals surface area contributed by atoms with Crippen LogP contribution in [0.5, 0.6) is 0 Å². The van der Waals surface area contributed by atoms with Gasteiger partial charge in [-0.05, 0) is 41.8 Å². The third-order valence-electron chi connectivity index (χ3n) is 7.57. The first-order chi connectivity index (χ1) is 20.4. The average Bonchev–Trinajstić information content (AvgIpc) is 3.69. The summed E-state index contributed by atoms with van der Waals surface area (Å²) >= 11 is 12.4. The third-order valence-corrected chi connectivity index (χ3v) is 8.33. The Balaban J connectivity index is 1.25. The van der Waals surface area contributed by atoms with Crippen LogP contribution in [0.15, 0.2) is 35.3 Å². The molecule has 1 amide bonds.